The number of ether oxygens (including phenoxy) is 1. The summed E-state index contributed by atoms with van der Waals surface area (Å²) in [4.78, 5) is 26.5. The summed E-state index contributed by atoms with van der Waals surface area (Å²) in [7, 11) is 1.61. The summed E-state index contributed by atoms with van der Waals surface area (Å²) in [5, 5.41) is 6.40. The van der Waals surface area contributed by atoms with Gasteiger partial charge in [-0.15, -0.1) is 0 Å². The van der Waals surface area contributed by atoms with Crippen molar-refractivity contribution in [3.63, 3.8) is 0 Å². The molecule has 1 aliphatic heterocycles. The molecule has 5 nitrogen and oxygen atoms in total. The average Bonchev–Trinajstić information content (AvgIpc) is 2.74. The number of anilines is 1. The van der Waals surface area contributed by atoms with Gasteiger partial charge in [0.15, 0.2) is 5.78 Å². The maximum Gasteiger partial charge on any atom is 0.254 e. The highest BCUT2D eigenvalue weighted by Crippen LogP contribution is 2.45. The molecule has 1 aliphatic carbocycles. The van der Waals surface area contributed by atoms with Gasteiger partial charge in [0, 0.05) is 40.2 Å². The number of hydrogen-bond acceptors (Lipinski definition) is 4. The summed E-state index contributed by atoms with van der Waals surface area (Å²) >= 11 is 0. The molecule has 4 rings (SSSR count). The Labute approximate surface area is 176 Å². The third-order valence-electron chi connectivity index (χ3n) is 5.86. The first kappa shape index (κ1) is 20.0. The minimum absolute atomic E-state index is 0.0911. The van der Waals surface area contributed by atoms with Gasteiger partial charge < -0.3 is 15.4 Å². The number of aryl methyl sites for hydroxylation is 1. The summed E-state index contributed by atoms with van der Waals surface area (Å²) in [6, 6.07) is 15.3. The molecule has 2 aliphatic rings. The lowest BCUT2D eigenvalue weighted by atomic mass is 9.74. The first-order valence-corrected chi connectivity index (χ1v) is 10.2. The van der Waals surface area contributed by atoms with Crippen molar-refractivity contribution >= 4 is 17.4 Å². The fourth-order valence-electron chi connectivity index (χ4n) is 4.40. The summed E-state index contributed by atoms with van der Waals surface area (Å²) in [6.07, 6.45) is 2.12. The lowest BCUT2D eigenvalue weighted by Gasteiger charge is -2.35. The lowest BCUT2D eigenvalue weighted by molar-refractivity contribution is -0.116. The van der Waals surface area contributed by atoms with E-state index in [1.54, 1.807) is 7.11 Å². The zero-order chi connectivity index (χ0) is 21.3. The Morgan fingerprint density at radius 3 is 2.57 bits per heavy atom. The number of hydrogen-bond donors (Lipinski definition) is 2. The standard InChI is InChI=1S/C25H26N2O3/c1-15-9-4-6-11-18(15)27-25(29)22-16(2)26-19-12-8-13-20(28)24(19)23(22)17-10-5-7-14-21(17)30-3/h4-7,9-11,14,23,26H,8,12-13H2,1-3H3,(H,27,29). The molecule has 1 atom stereocenters. The molecule has 0 saturated heterocycles. The quantitative estimate of drug-likeness (QED) is 0.784. The van der Waals surface area contributed by atoms with Gasteiger partial charge in [-0.25, -0.2) is 0 Å². The van der Waals surface area contributed by atoms with E-state index in [9.17, 15) is 9.59 Å². The van der Waals surface area contributed by atoms with Crippen LogP contribution in [0.1, 0.15) is 43.2 Å². The molecule has 1 unspecified atom stereocenters. The van der Waals surface area contributed by atoms with Crippen molar-refractivity contribution in [1.82, 2.24) is 5.32 Å². The number of methoxy groups -OCH3 is 1. The van der Waals surface area contributed by atoms with E-state index in [4.69, 9.17) is 4.74 Å². The predicted octanol–water partition coefficient (Wildman–Crippen LogP) is 4.61. The van der Waals surface area contributed by atoms with E-state index < -0.39 is 5.92 Å². The number of benzene rings is 2. The van der Waals surface area contributed by atoms with Crippen LogP contribution in [-0.4, -0.2) is 18.8 Å². The largest absolute Gasteiger partial charge is 0.496 e. The Morgan fingerprint density at radius 2 is 1.80 bits per heavy atom. The second-order valence-electron chi connectivity index (χ2n) is 7.78. The molecule has 2 N–H and O–H groups in total. The second-order valence-corrected chi connectivity index (χ2v) is 7.78. The highest BCUT2D eigenvalue weighted by molar-refractivity contribution is 6.10. The zero-order valence-corrected chi connectivity index (χ0v) is 17.5. The fourth-order valence-corrected chi connectivity index (χ4v) is 4.40. The van der Waals surface area contributed by atoms with Gasteiger partial charge >= 0.3 is 0 Å². The number of dihydropyridines is 1. The van der Waals surface area contributed by atoms with Crippen LogP contribution in [0.5, 0.6) is 5.75 Å². The molecule has 0 radical (unpaired) electrons. The smallest absolute Gasteiger partial charge is 0.254 e. The molecule has 30 heavy (non-hydrogen) atoms. The van der Waals surface area contributed by atoms with Crippen LogP contribution >= 0.6 is 0 Å². The topological polar surface area (TPSA) is 67.4 Å². The Bertz CT molecular complexity index is 1080. The number of ketones is 1. The van der Waals surface area contributed by atoms with Crippen LogP contribution in [0.3, 0.4) is 0 Å². The summed E-state index contributed by atoms with van der Waals surface area (Å²) in [5.74, 6) is 0.0845. The van der Waals surface area contributed by atoms with E-state index in [0.29, 0.717) is 23.3 Å². The van der Waals surface area contributed by atoms with Gasteiger partial charge in [-0.3, -0.25) is 9.59 Å². The molecule has 0 aromatic heterocycles. The molecule has 1 heterocycles. The van der Waals surface area contributed by atoms with Crippen molar-refractivity contribution in [3.8, 4) is 5.75 Å². The summed E-state index contributed by atoms with van der Waals surface area (Å²) < 4.78 is 5.61. The molecule has 2 aromatic rings. The van der Waals surface area contributed by atoms with Crippen LogP contribution in [0.25, 0.3) is 0 Å². The summed E-state index contributed by atoms with van der Waals surface area (Å²) in [6.45, 7) is 3.86. The third-order valence-corrected chi connectivity index (χ3v) is 5.86. The van der Waals surface area contributed by atoms with Gasteiger partial charge in [0.25, 0.3) is 5.91 Å². The first-order valence-electron chi connectivity index (χ1n) is 10.2. The van der Waals surface area contributed by atoms with Gasteiger partial charge in [0.2, 0.25) is 0 Å². The van der Waals surface area contributed by atoms with Crippen molar-refractivity contribution in [3.05, 3.63) is 82.2 Å². The number of rotatable bonds is 4. The molecule has 2 aromatic carbocycles. The van der Waals surface area contributed by atoms with Crippen LogP contribution in [0.15, 0.2) is 71.1 Å². The third kappa shape index (κ3) is 3.52. The number of carbonyl (C=O) groups is 2. The molecular formula is C25H26N2O3. The molecule has 5 heteroatoms. The van der Waals surface area contributed by atoms with Crippen molar-refractivity contribution in [1.29, 1.82) is 0 Å². The van der Waals surface area contributed by atoms with Crippen LogP contribution in [0, 0.1) is 6.92 Å². The number of nitrogens with one attached hydrogen (secondary N) is 2. The molecule has 154 valence electrons. The van der Waals surface area contributed by atoms with Gasteiger partial charge in [-0.05, 0) is 44.4 Å². The Kier molecular flexibility index (Phi) is 5.44. The number of para-hydroxylation sites is 2. The van der Waals surface area contributed by atoms with E-state index in [1.165, 1.54) is 0 Å². The molecular weight excluding hydrogens is 376 g/mol. The van der Waals surface area contributed by atoms with E-state index in [0.717, 1.165) is 41.1 Å². The van der Waals surface area contributed by atoms with E-state index in [-0.39, 0.29) is 11.7 Å². The van der Waals surface area contributed by atoms with Crippen LogP contribution in [0.2, 0.25) is 0 Å². The van der Waals surface area contributed by atoms with Crippen LogP contribution < -0.4 is 15.4 Å². The normalized spacial score (nSPS) is 18.6. The van der Waals surface area contributed by atoms with Gasteiger partial charge in [0.1, 0.15) is 5.75 Å². The van der Waals surface area contributed by atoms with E-state index in [2.05, 4.69) is 10.6 Å². The number of carbonyl (C=O) groups excluding carboxylic acids is 2. The minimum atomic E-state index is -0.464. The molecule has 0 saturated carbocycles. The predicted molar refractivity (Wildman–Crippen MR) is 117 cm³/mol. The minimum Gasteiger partial charge on any atom is -0.496 e. The number of allylic oxidation sites excluding steroid dienone is 3. The Hall–Kier alpha value is -3.34. The van der Waals surface area contributed by atoms with Gasteiger partial charge in [0.05, 0.1) is 13.0 Å². The lowest BCUT2D eigenvalue weighted by Crippen LogP contribution is -2.35. The number of Topliss-reactive ketones (excluding diaryl/α,β-unsaturated/α-hetero) is 1. The fraction of sp³-hybridized carbons (Fsp3) is 0.280. The first-order chi connectivity index (χ1) is 14.5. The molecule has 1 amide bonds. The van der Waals surface area contributed by atoms with Crippen LogP contribution in [0.4, 0.5) is 5.69 Å². The molecule has 0 spiro atoms. The Balaban J connectivity index is 1.84. The van der Waals surface area contributed by atoms with Crippen molar-refractivity contribution in [2.45, 2.75) is 39.0 Å². The van der Waals surface area contributed by atoms with E-state index in [1.807, 2.05) is 62.4 Å². The van der Waals surface area contributed by atoms with Gasteiger partial charge in [-0.1, -0.05) is 36.4 Å². The second kappa shape index (κ2) is 8.19. The van der Waals surface area contributed by atoms with Crippen LogP contribution in [-0.2, 0) is 9.59 Å². The number of amides is 1. The average molecular weight is 402 g/mol. The SMILES string of the molecule is COc1ccccc1C1C(C(=O)Nc2ccccc2C)=C(C)NC2=C1C(=O)CCC2. The van der Waals surface area contributed by atoms with Gasteiger partial charge in [-0.2, -0.15) is 0 Å². The molecule has 0 fully saturated rings. The maximum atomic E-state index is 13.5. The summed E-state index contributed by atoms with van der Waals surface area (Å²) in [5.41, 5.74) is 5.51. The monoisotopic (exact) mass is 402 g/mol. The highest BCUT2D eigenvalue weighted by atomic mass is 16.5. The van der Waals surface area contributed by atoms with E-state index >= 15 is 0 Å². The van der Waals surface area contributed by atoms with Crippen molar-refractivity contribution in [2.75, 3.05) is 12.4 Å². The van der Waals surface area contributed by atoms with Crippen molar-refractivity contribution < 1.29 is 14.3 Å². The maximum absolute atomic E-state index is 13.5. The Morgan fingerprint density at radius 1 is 1.07 bits per heavy atom. The zero-order valence-electron chi connectivity index (χ0n) is 17.5. The molecule has 0 bridgehead atoms. The van der Waals surface area contributed by atoms with Crippen molar-refractivity contribution in [2.24, 2.45) is 0 Å². The highest BCUT2D eigenvalue weighted by Gasteiger charge is 2.39.